The first-order valence-electron chi connectivity index (χ1n) is 3.07. The number of nitrogens with one attached hydrogen (secondary N) is 1. The smallest absolute Gasteiger partial charge is 0.0922 e. The van der Waals surface area contributed by atoms with Crippen molar-refractivity contribution in [3.63, 3.8) is 0 Å². The second kappa shape index (κ2) is 4.73. The zero-order valence-electron chi connectivity index (χ0n) is 6.22. The first-order valence-corrected chi connectivity index (χ1v) is 3.07. The number of hydrogen-bond donors (Lipinski definition) is 2. The summed E-state index contributed by atoms with van der Waals surface area (Å²) < 4.78 is 4.87. The number of aliphatic hydroxyl groups is 1. The Hall–Kier alpha value is -0.120. The van der Waals surface area contributed by atoms with Gasteiger partial charge < -0.3 is 15.2 Å². The highest BCUT2D eigenvalue weighted by Gasteiger charge is 2.10. The van der Waals surface area contributed by atoms with Crippen molar-refractivity contribution in [2.75, 3.05) is 20.7 Å². The molecule has 0 amide bonds. The molecule has 0 spiro atoms. The molecule has 2 atom stereocenters. The average Bonchev–Trinajstić information content (AvgIpc) is 1.87. The van der Waals surface area contributed by atoms with Gasteiger partial charge in [-0.15, -0.1) is 0 Å². The second-order valence-corrected chi connectivity index (χ2v) is 2.07. The van der Waals surface area contributed by atoms with E-state index in [0.29, 0.717) is 6.54 Å². The van der Waals surface area contributed by atoms with Crippen molar-refractivity contribution in [3.05, 3.63) is 0 Å². The van der Waals surface area contributed by atoms with Gasteiger partial charge in [-0.05, 0) is 14.0 Å². The van der Waals surface area contributed by atoms with E-state index >= 15 is 0 Å². The predicted molar refractivity (Wildman–Crippen MR) is 36.4 cm³/mol. The lowest BCUT2D eigenvalue weighted by Crippen LogP contribution is -2.33. The van der Waals surface area contributed by atoms with Crippen LogP contribution in [0.4, 0.5) is 0 Å². The number of hydrogen-bond acceptors (Lipinski definition) is 3. The molecule has 9 heavy (non-hydrogen) atoms. The molecule has 0 aliphatic heterocycles. The number of methoxy groups -OCH3 is 1. The predicted octanol–water partition coefficient (Wildman–Crippen LogP) is -0.398. The van der Waals surface area contributed by atoms with Gasteiger partial charge >= 0.3 is 0 Å². The molecule has 0 aromatic carbocycles. The van der Waals surface area contributed by atoms with Gasteiger partial charge in [0.25, 0.3) is 0 Å². The topological polar surface area (TPSA) is 41.5 Å². The Balaban J connectivity index is 3.32. The average molecular weight is 133 g/mol. The summed E-state index contributed by atoms with van der Waals surface area (Å²) in [7, 11) is 3.38. The third kappa shape index (κ3) is 3.46. The van der Waals surface area contributed by atoms with Crippen molar-refractivity contribution in [1.82, 2.24) is 5.32 Å². The lowest BCUT2D eigenvalue weighted by Gasteiger charge is -2.15. The molecule has 56 valence electrons. The maximum absolute atomic E-state index is 9.13. The summed E-state index contributed by atoms with van der Waals surface area (Å²) in [6.45, 7) is 2.41. The van der Waals surface area contributed by atoms with Crippen LogP contribution in [0.15, 0.2) is 0 Å². The van der Waals surface area contributed by atoms with Crippen LogP contribution in [0.1, 0.15) is 6.92 Å². The molecule has 0 aliphatic rings. The fraction of sp³-hybridized carbons (Fsp3) is 1.00. The van der Waals surface area contributed by atoms with Gasteiger partial charge in [-0.25, -0.2) is 0 Å². The molecular formula is C6H15NO2. The van der Waals surface area contributed by atoms with E-state index in [9.17, 15) is 0 Å². The molecule has 3 nitrogen and oxygen atoms in total. The molecule has 0 heterocycles. The fourth-order valence-corrected chi connectivity index (χ4v) is 0.532. The molecule has 0 radical (unpaired) electrons. The molecule has 0 aromatic rings. The van der Waals surface area contributed by atoms with E-state index in [1.165, 1.54) is 0 Å². The van der Waals surface area contributed by atoms with E-state index in [0.717, 1.165) is 0 Å². The maximum Gasteiger partial charge on any atom is 0.0922 e. The molecule has 0 fully saturated rings. The van der Waals surface area contributed by atoms with Crippen molar-refractivity contribution in [2.24, 2.45) is 0 Å². The molecule has 0 aromatic heterocycles. The summed E-state index contributed by atoms with van der Waals surface area (Å²) in [6, 6.07) is 0. The third-order valence-electron chi connectivity index (χ3n) is 1.33. The van der Waals surface area contributed by atoms with Crippen LogP contribution in [0.5, 0.6) is 0 Å². The quantitative estimate of drug-likeness (QED) is 0.548. The van der Waals surface area contributed by atoms with Gasteiger partial charge in [0.1, 0.15) is 0 Å². The monoisotopic (exact) mass is 133 g/mol. The van der Waals surface area contributed by atoms with Crippen LogP contribution in [-0.2, 0) is 4.74 Å². The van der Waals surface area contributed by atoms with Crippen molar-refractivity contribution in [1.29, 1.82) is 0 Å². The van der Waals surface area contributed by atoms with Crippen LogP contribution in [0.2, 0.25) is 0 Å². The maximum atomic E-state index is 9.13. The van der Waals surface area contributed by atoms with E-state index in [1.807, 2.05) is 6.92 Å². The number of ether oxygens (including phenoxy) is 1. The highest BCUT2D eigenvalue weighted by Crippen LogP contribution is 1.93. The van der Waals surface area contributed by atoms with Crippen molar-refractivity contribution < 1.29 is 9.84 Å². The minimum Gasteiger partial charge on any atom is -0.389 e. The summed E-state index contributed by atoms with van der Waals surface area (Å²) in [5, 5.41) is 12.0. The molecule has 0 rings (SSSR count). The van der Waals surface area contributed by atoms with Gasteiger partial charge in [-0.1, -0.05) is 0 Å². The number of aliphatic hydroxyl groups excluding tert-OH is 1. The lowest BCUT2D eigenvalue weighted by molar-refractivity contribution is 0.00160. The minimum atomic E-state index is -0.403. The van der Waals surface area contributed by atoms with Crippen LogP contribution in [0.25, 0.3) is 0 Å². The van der Waals surface area contributed by atoms with Crippen LogP contribution < -0.4 is 5.32 Å². The van der Waals surface area contributed by atoms with E-state index < -0.39 is 6.10 Å². The molecule has 2 unspecified atom stereocenters. The normalized spacial score (nSPS) is 17.3. The number of rotatable bonds is 4. The fourth-order valence-electron chi connectivity index (χ4n) is 0.532. The highest BCUT2D eigenvalue weighted by molar-refractivity contribution is 4.64. The molecule has 0 bridgehead atoms. The zero-order chi connectivity index (χ0) is 7.28. The lowest BCUT2D eigenvalue weighted by atomic mass is 10.2. The van der Waals surface area contributed by atoms with Crippen molar-refractivity contribution in [2.45, 2.75) is 19.1 Å². The standard InChI is InChI=1S/C6H15NO2/c1-5(9-3)6(8)4-7-2/h5-8H,4H2,1-3H3. The highest BCUT2D eigenvalue weighted by atomic mass is 16.5. The molecule has 0 aliphatic carbocycles. The Morgan fingerprint density at radius 3 is 2.56 bits per heavy atom. The Kier molecular flexibility index (Phi) is 4.67. The largest absolute Gasteiger partial charge is 0.389 e. The molecular weight excluding hydrogens is 118 g/mol. The summed E-state index contributed by atoms with van der Waals surface area (Å²) in [5.74, 6) is 0. The first-order chi connectivity index (χ1) is 4.22. The Morgan fingerprint density at radius 1 is 1.67 bits per heavy atom. The SMILES string of the molecule is CNCC(O)C(C)OC. The van der Waals surface area contributed by atoms with Crippen molar-refractivity contribution in [3.8, 4) is 0 Å². The Bertz CT molecular complexity index is 68.1. The minimum absolute atomic E-state index is 0.0857. The second-order valence-electron chi connectivity index (χ2n) is 2.07. The van der Waals surface area contributed by atoms with Crippen LogP contribution in [0, 0.1) is 0 Å². The van der Waals surface area contributed by atoms with Gasteiger partial charge in [0.15, 0.2) is 0 Å². The Labute approximate surface area is 56.0 Å². The Morgan fingerprint density at radius 2 is 2.22 bits per heavy atom. The van der Waals surface area contributed by atoms with Crippen LogP contribution in [0.3, 0.4) is 0 Å². The molecule has 2 N–H and O–H groups in total. The van der Waals surface area contributed by atoms with Gasteiger partial charge in [0.2, 0.25) is 0 Å². The zero-order valence-corrected chi connectivity index (χ0v) is 6.22. The summed E-state index contributed by atoms with van der Waals surface area (Å²) in [4.78, 5) is 0. The molecule has 3 heteroatoms. The summed E-state index contributed by atoms with van der Waals surface area (Å²) in [5.41, 5.74) is 0. The third-order valence-corrected chi connectivity index (χ3v) is 1.33. The van der Waals surface area contributed by atoms with Crippen LogP contribution in [-0.4, -0.2) is 38.0 Å². The first kappa shape index (κ1) is 8.88. The van der Waals surface area contributed by atoms with E-state index in [-0.39, 0.29) is 6.10 Å². The van der Waals surface area contributed by atoms with Crippen molar-refractivity contribution >= 4 is 0 Å². The van der Waals surface area contributed by atoms with Gasteiger partial charge in [-0.2, -0.15) is 0 Å². The van der Waals surface area contributed by atoms with Crippen LogP contribution >= 0.6 is 0 Å². The van der Waals surface area contributed by atoms with E-state index in [2.05, 4.69) is 5.32 Å². The molecule has 0 saturated heterocycles. The number of likely N-dealkylation sites (N-methyl/N-ethyl adjacent to an activating group) is 1. The van der Waals surface area contributed by atoms with Gasteiger partial charge in [-0.3, -0.25) is 0 Å². The summed E-state index contributed by atoms with van der Waals surface area (Å²) >= 11 is 0. The summed E-state index contributed by atoms with van der Waals surface area (Å²) in [6.07, 6.45) is -0.488. The molecule has 0 saturated carbocycles. The van der Waals surface area contributed by atoms with Gasteiger partial charge in [0, 0.05) is 13.7 Å². The van der Waals surface area contributed by atoms with Gasteiger partial charge in [0.05, 0.1) is 12.2 Å². The van der Waals surface area contributed by atoms with E-state index in [4.69, 9.17) is 9.84 Å². The van der Waals surface area contributed by atoms with E-state index in [1.54, 1.807) is 14.2 Å².